The third-order valence-corrected chi connectivity index (χ3v) is 1.37. The van der Waals surface area contributed by atoms with Crippen molar-refractivity contribution in [1.82, 2.24) is 0 Å². The number of carbonyl (C=O) groups excluding carboxylic acids is 1. The van der Waals surface area contributed by atoms with E-state index >= 15 is 0 Å². The maximum Gasteiger partial charge on any atom is 0.371 e. The average Bonchev–Trinajstić information content (AvgIpc) is 2.15. The van der Waals surface area contributed by atoms with Gasteiger partial charge in [-0.25, -0.2) is 4.79 Å². The molecule has 0 aromatic heterocycles. The SMILES string of the molecule is C=CCOOC(=O)C(=C)C(O)CC. The first kappa shape index (κ1) is 11.9. The normalized spacial score (nSPS) is 11.8. The Labute approximate surface area is 77.4 Å². The molecule has 1 N–H and O–H groups in total. The minimum absolute atomic E-state index is 0.00781. The average molecular weight is 186 g/mol. The summed E-state index contributed by atoms with van der Waals surface area (Å²) in [6.07, 6.45) is 0.974. The van der Waals surface area contributed by atoms with Crippen LogP contribution in [0.4, 0.5) is 0 Å². The first-order valence-electron chi connectivity index (χ1n) is 3.95. The molecule has 74 valence electrons. The van der Waals surface area contributed by atoms with Gasteiger partial charge >= 0.3 is 5.97 Å². The molecular formula is C9H14O4. The van der Waals surface area contributed by atoms with Crippen LogP contribution in [0.1, 0.15) is 13.3 Å². The third kappa shape index (κ3) is 4.45. The van der Waals surface area contributed by atoms with Crippen LogP contribution >= 0.6 is 0 Å². The summed E-state index contributed by atoms with van der Waals surface area (Å²) in [7, 11) is 0. The number of hydrogen-bond donors (Lipinski definition) is 1. The van der Waals surface area contributed by atoms with Crippen molar-refractivity contribution in [2.24, 2.45) is 0 Å². The molecule has 0 aromatic carbocycles. The van der Waals surface area contributed by atoms with E-state index in [2.05, 4.69) is 22.9 Å². The number of carbonyl (C=O) groups is 1. The van der Waals surface area contributed by atoms with Crippen LogP contribution < -0.4 is 0 Å². The summed E-state index contributed by atoms with van der Waals surface area (Å²) in [5.41, 5.74) is -0.00781. The van der Waals surface area contributed by atoms with Crippen molar-refractivity contribution in [3.63, 3.8) is 0 Å². The van der Waals surface area contributed by atoms with E-state index in [0.29, 0.717) is 6.42 Å². The van der Waals surface area contributed by atoms with Crippen molar-refractivity contribution in [3.05, 3.63) is 24.8 Å². The Morgan fingerprint density at radius 2 is 2.31 bits per heavy atom. The second kappa shape index (κ2) is 6.39. The Morgan fingerprint density at radius 1 is 1.69 bits per heavy atom. The van der Waals surface area contributed by atoms with Gasteiger partial charge < -0.3 is 5.11 Å². The fourth-order valence-corrected chi connectivity index (χ4v) is 0.572. The first-order chi connectivity index (χ1) is 6.13. The zero-order chi connectivity index (χ0) is 10.3. The summed E-state index contributed by atoms with van der Waals surface area (Å²) in [6.45, 7) is 8.58. The van der Waals surface area contributed by atoms with E-state index in [1.54, 1.807) is 6.92 Å². The lowest BCUT2D eigenvalue weighted by Crippen LogP contribution is -2.18. The number of aliphatic hydroxyl groups is 1. The lowest BCUT2D eigenvalue weighted by Gasteiger charge is -2.08. The molecular weight excluding hydrogens is 172 g/mol. The van der Waals surface area contributed by atoms with E-state index < -0.39 is 12.1 Å². The Bertz CT molecular complexity index is 198. The van der Waals surface area contributed by atoms with Gasteiger partial charge in [-0.3, -0.25) is 4.89 Å². The van der Waals surface area contributed by atoms with Gasteiger partial charge in [-0.15, -0.1) is 6.58 Å². The Kier molecular flexibility index (Phi) is 5.84. The molecule has 4 nitrogen and oxygen atoms in total. The lowest BCUT2D eigenvalue weighted by atomic mass is 10.1. The molecule has 0 aliphatic heterocycles. The van der Waals surface area contributed by atoms with Crippen molar-refractivity contribution < 1.29 is 19.7 Å². The molecule has 0 aliphatic rings. The molecule has 0 radical (unpaired) electrons. The molecule has 0 bridgehead atoms. The Morgan fingerprint density at radius 3 is 2.77 bits per heavy atom. The van der Waals surface area contributed by atoms with Crippen LogP contribution in [-0.4, -0.2) is 23.8 Å². The molecule has 0 saturated carbocycles. The highest BCUT2D eigenvalue weighted by Gasteiger charge is 2.16. The second-order valence-electron chi connectivity index (χ2n) is 2.39. The molecule has 0 heterocycles. The van der Waals surface area contributed by atoms with Crippen LogP contribution in [0.3, 0.4) is 0 Å². The molecule has 4 heteroatoms. The Balaban J connectivity index is 3.82. The summed E-state index contributed by atoms with van der Waals surface area (Å²) >= 11 is 0. The van der Waals surface area contributed by atoms with Crippen molar-refractivity contribution >= 4 is 5.97 Å². The van der Waals surface area contributed by atoms with E-state index in [-0.39, 0.29) is 12.2 Å². The quantitative estimate of drug-likeness (QED) is 0.221. The summed E-state index contributed by atoms with van der Waals surface area (Å²) in [5.74, 6) is -0.754. The molecule has 13 heavy (non-hydrogen) atoms. The number of hydrogen-bond acceptors (Lipinski definition) is 4. The molecule has 0 spiro atoms. The van der Waals surface area contributed by atoms with Crippen LogP contribution in [0.25, 0.3) is 0 Å². The zero-order valence-corrected chi connectivity index (χ0v) is 7.66. The highest BCUT2D eigenvalue weighted by atomic mass is 17.2. The summed E-state index contributed by atoms with van der Waals surface area (Å²) < 4.78 is 0. The largest absolute Gasteiger partial charge is 0.388 e. The van der Waals surface area contributed by atoms with Crippen molar-refractivity contribution in [2.75, 3.05) is 6.61 Å². The van der Waals surface area contributed by atoms with Crippen LogP contribution in [0.2, 0.25) is 0 Å². The van der Waals surface area contributed by atoms with E-state index in [0.717, 1.165) is 0 Å². The molecule has 0 amide bonds. The van der Waals surface area contributed by atoms with Gasteiger partial charge in [0, 0.05) is 0 Å². The van der Waals surface area contributed by atoms with Gasteiger partial charge in [0.25, 0.3) is 0 Å². The van der Waals surface area contributed by atoms with Gasteiger partial charge in [-0.05, 0) is 6.42 Å². The minimum Gasteiger partial charge on any atom is -0.388 e. The van der Waals surface area contributed by atoms with Crippen LogP contribution in [0.5, 0.6) is 0 Å². The summed E-state index contributed by atoms with van der Waals surface area (Å²) in [4.78, 5) is 19.7. The maximum atomic E-state index is 11.0. The second-order valence-corrected chi connectivity index (χ2v) is 2.39. The number of rotatable bonds is 6. The lowest BCUT2D eigenvalue weighted by molar-refractivity contribution is -0.262. The Hall–Kier alpha value is -1.13. The smallest absolute Gasteiger partial charge is 0.371 e. The van der Waals surface area contributed by atoms with Crippen molar-refractivity contribution in [2.45, 2.75) is 19.4 Å². The van der Waals surface area contributed by atoms with Crippen LogP contribution in [0.15, 0.2) is 24.8 Å². The zero-order valence-electron chi connectivity index (χ0n) is 7.66. The van der Waals surface area contributed by atoms with Crippen molar-refractivity contribution in [3.8, 4) is 0 Å². The highest BCUT2D eigenvalue weighted by Crippen LogP contribution is 2.05. The van der Waals surface area contributed by atoms with E-state index in [1.165, 1.54) is 6.08 Å². The predicted octanol–water partition coefficient (Wildman–Crippen LogP) is 0.974. The molecule has 0 aliphatic carbocycles. The highest BCUT2D eigenvalue weighted by molar-refractivity contribution is 5.88. The topological polar surface area (TPSA) is 55.8 Å². The van der Waals surface area contributed by atoms with Gasteiger partial charge in [-0.1, -0.05) is 19.6 Å². The monoisotopic (exact) mass is 186 g/mol. The fraction of sp³-hybridized carbons (Fsp3) is 0.444. The van der Waals surface area contributed by atoms with E-state index in [1.807, 2.05) is 0 Å². The van der Waals surface area contributed by atoms with Gasteiger partial charge in [0.2, 0.25) is 0 Å². The van der Waals surface area contributed by atoms with Gasteiger partial charge in [0.1, 0.15) is 6.61 Å². The predicted molar refractivity (Wildman–Crippen MR) is 47.7 cm³/mol. The maximum absolute atomic E-state index is 11.0. The standard InChI is InChI=1S/C9H14O4/c1-4-6-12-13-9(11)7(3)8(10)5-2/h4,8,10H,1,3,5-6H2,2H3. The van der Waals surface area contributed by atoms with Crippen LogP contribution in [-0.2, 0) is 14.6 Å². The molecule has 0 aromatic rings. The first-order valence-corrected chi connectivity index (χ1v) is 3.95. The van der Waals surface area contributed by atoms with E-state index in [9.17, 15) is 9.90 Å². The minimum atomic E-state index is -0.875. The molecule has 0 saturated heterocycles. The third-order valence-electron chi connectivity index (χ3n) is 1.37. The fourth-order valence-electron chi connectivity index (χ4n) is 0.572. The number of aliphatic hydroxyl groups excluding tert-OH is 1. The van der Waals surface area contributed by atoms with Crippen molar-refractivity contribution in [1.29, 1.82) is 0 Å². The van der Waals surface area contributed by atoms with Gasteiger partial charge in [-0.2, -0.15) is 4.89 Å². The van der Waals surface area contributed by atoms with Gasteiger partial charge in [0.15, 0.2) is 0 Å². The summed E-state index contributed by atoms with van der Waals surface area (Å²) in [5, 5.41) is 9.18. The van der Waals surface area contributed by atoms with Gasteiger partial charge in [0.05, 0.1) is 11.7 Å². The molecule has 1 atom stereocenters. The molecule has 0 fully saturated rings. The summed E-state index contributed by atoms with van der Waals surface area (Å²) in [6, 6.07) is 0. The van der Waals surface area contributed by atoms with E-state index in [4.69, 9.17) is 0 Å². The van der Waals surface area contributed by atoms with Crippen LogP contribution in [0, 0.1) is 0 Å². The molecule has 0 rings (SSSR count). The molecule has 1 unspecified atom stereocenters.